The summed E-state index contributed by atoms with van der Waals surface area (Å²) in [5, 5.41) is 0. The van der Waals surface area contributed by atoms with Gasteiger partial charge in [-0.15, -0.1) is 0 Å². The lowest BCUT2D eigenvalue weighted by atomic mass is 10.0. The van der Waals surface area contributed by atoms with Crippen LogP contribution in [0.5, 0.6) is 11.5 Å². The minimum absolute atomic E-state index is 0.0159. The molecule has 0 aliphatic carbocycles. The zero-order chi connectivity index (χ0) is 20.1. The fourth-order valence-corrected chi connectivity index (χ4v) is 2.86. The summed E-state index contributed by atoms with van der Waals surface area (Å²) in [6, 6.07) is 23.8. The monoisotopic (exact) mass is 385 g/mol. The third-order valence-electron chi connectivity index (χ3n) is 4.43. The molecule has 0 saturated heterocycles. The van der Waals surface area contributed by atoms with E-state index in [1.165, 1.54) is 0 Å². The Labute approximate surface area is 168 Å². The first-order valence-corrected chi connectivity index (χ1v) is 9.14. The molecule has 0 saturated carbocycles. The Balaban J connectivity index is 1.38. The van der Waals surface area contributed by atoms with Crippen molar-refractivity contribution >= 4 is 5.78 Å². The average Bonchev–Trinajstić information content (AvgIpc) is 3.27. The van der Waals surface area contributed by atoms with Crippen LogP contribution in [0.4, 0.5) is 0 Å². The van der Waals surface area contributed by atoms with Crippen molar-refractivity contribution in [2.75, 3.05) is 7.11 Å². The summed E-state index contributed by atoms with van der Waals surface area (Å²) in [4.78, 5) is 16.9. The normalized spacial score (nSPS) is 10.5. The molecule has 29 heavy (non-hydrogen) atoms. The second-order valence-corrected chi connectivity index (χ2v) is 6.38. The minimum Gasteiger partial charge on any atom is -0.497 e. The van der Waals surface area contributed by atoms with Gasteiger partial charge in [0.15, 0.2) is 5.78 Å². The predicted molar refractivity (Wildman–Crippen MR) is 109 cm³/mol. The van der Waals surface area contributed by atoms with Crippen molar-refractivity contribution in [1.29, 1.82) is 0 Å². The number of oxazole rings is 1. The zero-order valence-electron chi connectivity index (χ0n) is 15.9. The summed E-state index contributed by atoms with van der Waals surface area (Å²) in [7, 11) is 1.62. The van der Waals surface area contributed by atoms with Crippen LogP contribution < -0.4 is 9.47 Å². The summed E-state index contributed by atoms with van der Waals surface area (Å²) in [5.41, 5.74) is 2.82. The first-order valence-electron chi connectivity index (χ1n) is 9.14. The molecule has 4 aromatic rings. The molecule has 0 amide bonds. The number of rotatable bonds is 7. The standard InChI is InChI=1S/C24H19NO4/c1-27-21-11-9-19(10-12-21)24-25-20(16-29-24)15-28-22-13-7-18(8-14-22)23(26)17-5-3-2-4-6-17/h2-14,16H,15H2,1H3. The Morgan fingerprint density at radius 2 is 1.52 bits per heavy atom. The summed E-state index contributed by atoms with van der Waals surface area (Å²) in [6.07, 6.45) is 1.58. The third kappa shape index (κ3) is 4.35. The van der Waals surface area contributed by atoms with E-state index >= 15 is 0 Å². The number of carbonyl (C=O) groups is 1. The molecule has 0 aliphatic rings. The predicted octanol–water partition coefficient (Wildman–Crippen LogP) is 5.16. The van der Waals surface area contributed by atoms with Gasteiger partial charge in [0.25, 0.3) is 0 Å². The van der Waals surface area contributed by atoms with E-state index < -0.39 is 0 Å². The second kappa shape index (κ2) is 8.44. The van der Waals surface area contributed by atoms with Crippen molar-refractivity contribution in [3.8, 4) is 23.0 Å². The van der Waals surface area contributed by atoms with Crippen molar-refractivity contribution in [1.82, 2.24) is 4.98 Å². The highest BCUT2D eigenvalue weighted by atomic mass is 16.5. The maximum Gasteiger partial charge on any atom is 0.226 e. The highest BCUT2D eigenvalue weighted by Crippen LogP contribution is 2.22. The van der Waals surface area contributed by atoms with Crippen LogP contribution >= 0.6 is 0 Å². The lowest BCUT2D eigenvalue weighted by molar-refractivity contribution is 0.103. The molecular weight excluding hydrogens is 366 g/mol. The van der Waals surface area contributed by atoms with Gasteiger partial charge in [0.05, 0.1) is 7.11 Å². The molecule has 0 bridgehead atoms. The molecule has 0 N–H and O–H groups in total. The van der Waals surface area contributed by atoms with Gasteiger partial charge in [0, 0.05) is 16.7 Å². The van der Waals surface area contributed by atoms with E-state index in [1.54, 1.807) is 49.8 Å². The van der Waals surface area contributed by atoms with Gasteiger partial charge in [0.1, 0.15) is 30.1 Å². The molecule has 144 valence electrons. The van der Waals surface area contributed by atoms with Crippen LogP contribution in [0.3, 0.4) is 0 Å². The Morgan fingerprint density at radius 1 is 0.862 bits per heavy atom. The van der Waals surface area contributed by atoms with Crippen LogP contribution in [0.15, 0.2) is 89.5 Å². The number of aromatic nitrogens is 1. The fraction of sp³-hybridized carbons (Fsp3) is 0.0833. The molecule has 0 unspecified atom stereocenters. The van der Waals surface area contributed by atoms with Gasteiger partial charge in [-0.05, 0) is 48.5 Å². The smallest absolute Gasteiger partial charge is 0.226 e. The van der Waals surface area contributed by atoms with Gasteiger partial charge in [-0.1, -0.05) is 30.3 Å². The lowest BCUT2D eigenvalue weighted by Gasteiger charge is -2.05. The van der Waals surface area contributed by atoms with E-state index in [-0.39, 0.29) is 12.4 Å². The maximum atomic E-state index is 12.4. The molecule has 3 aromatic carbocycles. The summed E-state index contributed by atoms with van der Waals surface area (Å²) in [5.74, 6) is 1.94. The van der Waals surface area contributed by atoms with Crippen molar-refractivity contribution < 1.29 is 18.7 Å². The Hall–Kier alpha value is -3.86. The van der Waals surface area contributed by atoms with Gasteiger partial charge >= 0.3 is 0 Å². The fourth-order valence-electron chi connectivity index (χ4n) is 2.86. The number of nitrogens with zero attached hydrogens (tertiary/aromatic N) is 1. The van der Waals surface area contributed by atoms with Gasteiger partial charge < -0.3 is 13.9 Å². The van der Waals surface area contributed by atoms with Gasteiger partial charge in [-0.25, -0.2) is 4.98 Å². The van der Waals surface area contributed by atoms with E-state index in [9.17, 15) is 4.79 Å². The largest absolute Gasteiger partial charge is 0.497 e. The molecule has 0 aliphatic heterocycles. The van der Waals surface area contributed by atoms with Crippen LogP contribution in [-0.2, 0) is 6.61 Å². The van der Waals surface area contributed by atoms with E-state index in [0.717, 1.165) is 11.3 Å². The Morgan fingerprint density at radius 3 is 2.21 bits per heavy atom. The molecule has 5 nitrogen and oxygen atoms in total. The number of ether oxygens (including phenoxy) is 2. The van der Waals surface area contributed by atoms with Gasteiger partial charge in [-0.2, -0.15) is 0 Å². The van der Waals surface area contributed by atoms with E-state index in [1.807, 2.05) is 42.5 Å². The second-order valence-electron chi connectivity index (χ2n) is 6.38. The number of hydrogen-bond acceptors (Lipinski definition) is 5. The first-order chi connectivity index (χ1) is 14.2. The number of carbonyl (C=O) groups excluding carboxylic acids is 1. The summed E-state index contributed by atoms with van der Waals surface area (Å²) >= 11 is 0. The number of methoxy groups -OCH3 is 1. The maximum absolute atomic E-state index is 12.4. The van der Waals surface area contributed by atoms with Crippen LogP contribution in [0.1, 0.15) is 21.6 Å². The molecule has 4 rings (SSSR count). The quantitative estimate of drug-likeness (QED) is 0.411. The van der Waals surface area contributed by atoms with Crippen LogP contribution in [0, 0.1) is 0 Å². The van der Waals surface area contributed by atoms with Crippen molar-refractivity contribution in [3.63, 3.8) is 0 Å². The van der Waals surface area contributed by atoms with Crippen molar-refractivity contribution in [2.24, 2.45) is 0 Å². The summed E-state index contributed by atoms with van der Waals surface area (Å²) in [6.45, 7) is 0.269. The SMILES string of the molecule is COc1ccc(-c2nc(COc3ccc(C(=O)c4ccccc4)cc3)co2)cc1. The Bertz CT molecular complexity index is 1080. The third-order valence-corrected chi connectivity index (χ3v) is 4.43. The zero-order valence-corrected chi connectivity index (χ0v) is 15.9. The molecule has 0 fully saturated rings. The molecular formula is C24H19NO4. The van der Waals surface area contributed by atoms with E-state index in [2.05, 4.69) is 4.98 Å². The molecule has 1 heterocycles. The van der Waals surface area contributed by atoms with Crippen LogP contribution in [0.25, 0.3) is 11.5 Å². The van der Waals surface area contributed by atoms with E-state index in [0.29, 0.717) is 28.5 Å². The molecule has 1 aromatic heterocycles. The number of benzene rings is 3. The van der Waals surface area contributed by atoms with E-state index in [4.69, 9.17) is 13.9 Å². The van der Waals surface area contributed by atoms with Crippen molar-refractivity contribution in [3.05, 3.63) is 102 Å². The summed E-state index contributed by atoms with van der Waals surface area (Å²) < 4.78 is 16.5. The minimum atomic E-state index is -0.0159. The highest BCUT2D eigenvalue weighted by Gasteiger charge is 2.10. The molecule has 0 spiro atoms. The molecule has 5 heteroatoms. The lowest BCUT2D eigenvalue weighted by Crippen LogP contribution is -2.01. The number of ketones is 1. The van der Waals surface area contributed by atoms with Crippen LogP contribution in [0.2, 0.25) is 0 Å². The van der Waals surface area contributed by atoms with Gasteiger partial charge in [0.2, 0.25) is 5.89 Å². The number of hydrogen-bond donors (Lipinski definition) is 0. The van der Waals surface area contributed by atoms with Crippen molar-refractivity contribution in [2.45, 2.75) is 6.61 Å². The first kappa shape index (κ1) is 18.5. The van der Waals surface area contributed by atoms with Gasteiger partial charge in [-0.3, -0.25) is 4.79 Å². The Kier molecular flexibility index (Phi) is 5.38. The van der Waals surface area contributed by atoms with Crippen LogP contribution in [-0.4, -0.2) is 17.9 Å². The highest BCUT2D eigenvalue weighted by molar-refractivity contribution is 6.08. The topological polar surface area (TPSA) is 61.6 Å². The molecule has 0 radical (unpaired) electrons. The molecule has 0 atom stereocenters. The average molecular weight is 385 g/mol.